The van der Waals surface area contributed by atoms with Gasteiger partial charge in [0.25, 0.3) is 0 Å². The standard InChI is InChI=1S/C16H14N2OS/c1-2-4-16-18-14-8-7-12(10-15(14)20-16)11-5-3-6-13(9-11)19-17/h2-10H,17H2,1H3/b4-2+. The zero-order chi connectivity index (χ0) is 13.9. The average Bonchev–Trinajstić information content (AvgIpc) is 2.89. The van der Waals surface area contributed by atoms with Crippen molar-refractivity contribution in [2.45, 2.75) is 6.92 Å². The van der Waals surface area contributed by atoms with Crippen molar-refractivity contribution in [1.82, 2.24) is 4.98 Å². The molecule has 0 fully saturated rings. The number of benzene rings is 2. The van der Waals surface area contributed by atoms with Crippen LogP contribution in [0.25, 0.3) is 27.4 Å². The highest BCUT2D eigenvalue weighted by Gasteiger charge is 2.05. The first-order chi connectivity index (χ1) is 9.80. The zero-order valence-electron chi connectivity index (χ0n) is 11.0. The molecule has 4 heteroatoms. The van der Waals surface area contributed by atoms with Crippen molar-refractivity contribution in [3.63, 3.8) is 0 Å². The molecule has 0 spiro atoms. The van der Waals surface area contributed by atoms with E-state index in [4.69, 9.17) is 10.7 Å². The van der Waals surface area contributed by atoms with E-state index in [-0.39, 0.29) is 0 Å². The van der Waals surface area contributed by atoms with Crippen LogP contribution in [0.15, 0.2) is 48.5 Å². The summed E-state index contributed by atoms with van der Waals surface area (Å²) >= 11 is 1.69. The first-order valence-electron chi connectivity index (χ1n) is 6.30. The van der Waals surface area contributed by atoms with Crippen LogP contribution in [0.4, 0.5) is 0 Å². The van der Waals surface area contributed by atoms with E-state index in [0.29, 0.717) is 5.75 Å². The molecule has 20 heavy (non-hydrogen) atoms. The lowest BCUT2D eigenvalue weighted by Gasteiger charge is -2.04. The first-order valence-corrected chi connectivity index (χ1v) is 7.12. The average molecular weight is 282 g/mol. The van der Waals surface area contributed by atoms with E-state index in [2.05, 4.69) is 17.1 Å². The maximum Gasteiger partial charge on any atom is 0.147 e. The second kappa shape index (κ2) is 5.45. The molecule has 0 aliphatic rings. The van der Waals surface area contributed by atoms with E-state index in [1.54, 1.807) is 11.3 Å². The van der Waals surface area contributed by atoms with Gasteiger partial charge >= 0.3 is 0 Å². The molecule has 3 aromatic rings. The van der Waals surface area contributed by atoms with Gasteiger partial charge in [0.1, 0.15) is 10.8 Å². The number of hydrogen-bond acceptors (Lipinski definition) is 4. The zero-order valence-corrected chi connectivity index (χ0v) is 11.9. The summed E-state index contributed by atoms with van der Waals surface area (Å²) in [5, 5.41) is 1.03. The minimum Gasteiger partial charge on any atom is -0.412 e. The number of nitrogens with zero attached hydrogens (tertiary/aromatic N) is 1. The lowest BCUT2D eigenvalue weighted by Crippen LogP contribution is -2.01. The Labute approximate surface area is 121 Å². The number of fused-ring (bicyclic) bond motifs is 1. The molecule has 0 bridgehead atoms. The summed E-state index contributed by atoms with van der Waals surface area (Å²) in [4.78, 5) is 9.34. The maximum atomic E-state index is 5.21. The summed E-state index contributed by atoms with van der Waals surface area (Å²) in [5.41, 5.74) is 3.24. The lowest BCUT2D eigenvalue weighted by molar-refractivity contribution is 0.334. The molecular weight excluding hydrogens is 268 g/mol. The van der Waals surface area contributed by atoms with Crippen molar-refractivity contribution >= 4 is 27.6 Å². The van der Waals surface area contributed by atoms with Gasteiger partial charge in [0.15, 0.2) is 0 Å². The molecule has 3 nitrogen and oxygen atoms in total. The first kappa shape index (κ1) is 12.8. The Balaban J connectivity index is 2.07. The quantitative estimate of drug-likeness (QED) is 0.731. The lowest BCUT2D eigenvalue weighted by atomic mass is 10.1. The predicted molar refractivity (Wildman–Crippen MR) is 84.6 cm³/mol. The SMILES string of the molecule is C/C=C/c1nc2ccc(-c3cccc(ON)c3)cc2s1. The third-order valence-electron chi connectivity index (χ3n) is 3.02. The summed E-state index contributed by atoms with van der Waals surface area (Å²) in [7, 11) is 0. The molecule has 0 saturated carbocycles. The third kappa shape index (κ3) is 2.43. The van der Waals surface area contributed by atoms with Crippen molar-refractivity contribution in [3.8, 4) is 16.9 Å². The second-order valence-electron chi connectivity index (χ2n) is 4.38. The highest BCUT2D eigenvalue weighted by molar-refractivity contribution is 7.19. The molecule has 3 rings (SSSR count). The van der Waals surface area contributed by atoms with Gasteiger partial charge in [-0.15, -0.1) is 11.3 Å². The molecule has 1 aromatic heterocycles. The van der Waals surface area contributed by atoms with Gasteiger partial charge in [-0.3, -0.25) is 0 Å². The van der Waals surface area contributed by atoms with Crippen LogP contribution in [-0.2, 0) is 0 Å². The molecule has 0 aliphatic carbocycles. The topological polar surface area (TPSA) is 48.1 Å². The van der Waals surface area contributed by atoms with Crippen molar-refractivity contribution in [1.29, 1.82) is 0 Å². The third-order valence-corrected chi connectivity index (χ3v) is 4.00. The Morgan fingerprint density at radius 3 is 2.80 bits per heavy atom. The summed E-state index contributed by atoms with van der Waals surface area (Å²) < 4.78 is 1.18. The van der Waals surface area contributed by atoms with E-state index in [9.17, 15) is 0 Å². The van der Waals surface area contributed by atoms with Crippen molar-refractivity contribution in [2.75, 3.05) is 0 Å². The number of hydrogen-bond donors (Lipinski definition) is 1. The fourth-order valence-corrected chi connectivity index (χ4v) is 3.06. The van der Waals surface area contributed by atoms with E-state index in [1.807, 2.05) is 49.4 Å². The fraction of sp³-hybridized carbons (Fsp3) is 0.0625. The molecule has 0 atom stereocenters. The van der Waals surface area contributed by atoms with Gasteiger partial charge < -0.3 is 4.84 Å². The Hall–Kier alpha value is -2.17. The maximum absolute atomic E-state index is 5.21. The van der Waals surface area contributed by atoms with Gasteiger partial charge in [-0.25, -0.2) is 4.98 Å². The van der Waals surface area contributed by atoms with Crippen LogP contribution in [0.5, 0.6) is 5.75 Å². The number of allylic oxidation sites excluding steroid dienone is 1. The van der Waals surface area contributed by atoms with Crippen LogP contribution in [0, 0.1) is 0 Å². The molecule has 1 heterocycles. The highest BCUT2D eigenvalue weighted by atomic mass is 32.1. The largest absolute Gasteiger partial charge is 0.412 e. The van der Waals surface area contributed by atoms with Gasteiger partial charge in [-0.05, 0) is 48.4 Å². The van der Waals surface area contributed by atoms with Crippen molar-refractivity contribution in [2.24, 2.45) is 5.90 Å². The number of aromatic nitrogens is 1. The molecule has 0 saturated heterocycles. The number of nitrogens with two attached hydrogens (primary N) is 1. The van der Waals surface area contributed by atoms with Crippen LogP contribution in [0.3, 0.4) is 0 Å². The van der Waals surface area contributed by atoms with E-state index in [0.717, 1.165) is 21.7 Å². The van der Waals surface area contributed by atoms with Crippen LogP contribution < -0.4 is 10.7 Å². The van der Waals surface area contributed by atoms with E-state index in [1.165, 1.54) is 4.70 Å². The van der Waals surface area contributed by atoms with Crippen LogP contribution in [-0.4, -0.2) is 4.98 Å². The van der Waals surface area contributed by atoms with Crippen molar-refractivity contribution in [3.05, 3.63) is 53.5 Å². The molecule has 0 unspecified atom stereocenters. The predicted octanol–water partition coefficient (Wildman–Crippen LogP) is 4.25. The van der Waals surface area contributed by atoms with Gasteiger partial charge in [-0.2, -0.15) is 5.90 Å². The molecule has 0 amide bonds. The van der Waals surface area contributed by atoms with Crippen LogP contribution >= 0.6 is 11.3 Å². The van der Waals surface area contributed by atoms with E-state index < -0.39 is 0 Å². The minimum atomic E-state index is 0.654. The second-order valence-corrected chi connectivity index (χ2v) is 5.44. The molecule has 100 valence electrons. The molecule has 0 aliphatic heterocycles. The fourth-order valence-electron chi connectivity index (χ4n) is 2.08. The number of thiazole rings is 1. The van der Waals surface area contributed by atoms with Gasteiger partial charge in [0.05, 0.1) is 10.2 Å². The van der Waals surface area contributed by atoms with Crippen molar-refractivity contribution < 1.29 is 4.84 Å². The summed E-state index contributed by atoms with van der Waals surface area (Å²) in [6.45, 7) is 2.00. The summed E-state index contributed by atoms with van der Waals surface area (Å²) in [5.74, 6) is 5.86. The summed E-state index contributed by atoms with van der Waals surface area (Å²) in [6, 6.07) is 14.0. The summed E-state index contributed by atoms with van der Waals surface area (Å²) in [6.07, 6.45) is 4.02. The molecular formula is C16H14N2OS. The smallest absolute Gasteiger partial charge is 0.147 e. The minimum absolute atomic E-state index is 0.654. The van der Waals surface area contributed by atoms with Gasteiger partial charge in [0.2, 0.25) is 0 Å². The molecule has 2 aromatic carbocycles. The highest BCUT2D eigenvalue weighted by Crippen LogP contribution is 2.30. The molecule has 2 N–H and O–H groups in total. The number of rotatable bonds is 3. The van der Waals surface area contributed by atoms with Gasteiger partial charge in [0, 0.05) is 0 Å². The van der Waals surface area contributed by atoms with Crippen LogP contribution in [0.2, 0.25) is 0 Å². The van der Waals surface area contributed by atoms with Gasteiger partial charge in [-0.1, -0.05) is 24.3 Å². The van der Waals surface area contributed by atoms with Crippen LogP contribution in [0.1, 0.15) is 11.9 Å². The normalized spacial score (nSPS) is 11.3. The monoisotopic (exact) mass is 282 g/mol. The van der Waals surface area contributed by atoms with E-state index >= 15 is 0 Å². The molecule has 0 radical (unpaired) electrons. The Morgan fingerprint density at radius 1 is 1.15 bits per heavy atom. The Bertz CT molecular complexity index is 777. The Kier molecular flexibility index (Phi) is 3.50. The Morgan fingerprint density at radius 2 is 2.00 bits per heavy atom.